The number of amides is 1. The molecule has 1 aliphatic rings. The largest absolute Gasteiger partial charge is 0.493 e. The zero-order valence-electron chi connectivity index (χ0n) is 17.2. The molecule has 1 heterocycles. The number of carbonyl (C=O) groups excluding carboxylic acids is 1. The molecule has 1 aliphatic heterocycles. The quantitative estimate of drug-likeness (QED) is 0.621. The Bertz CT molecular complexity index is 819. The van der Waals surface area contributed by atoms with Gasteiger partial charge in [0.05, 0.1) is 20.3 Å². The first kappa shape index (κ1) is 20.8. The summed E-state index contributed by atoms with van der Waals surface area (Å²) in [6.07, 6.45) is 5.54. The van der Waals surface area contributed by atoms with E-state index in [9.17, 15) is 4.79 Å². The van der Waals surface area contributed by atoms with E-state index in [1.54, 1.807) is 13.2 Å². The average Bonchev–Trinajstić information content (AvgIpc) is 2.78. The molecule has 5 heteroatoms. The summed E-state index contributed by atoms with van der Waals surface area (Å²) >= 11 is 0. The maximum absolute atomic E-state index is 12.7. The standard InChI is InChI=1S/C24H29NO4/c1-3-28-22-13-11-19(16-23(22)27-2)12-14-24(26)25-15-7-8-20(17-25)18-29-21-9-5-4-6-10-21/h4-6,9-14,16,20H,3,7-8,15,17-18H2,1-2H3/b14-12+. The molecule has 154 valence electrons. The summed E-state index contributed by atoms with van der Waals surface area (Å²) in [5, 5.41) is 0. The van der Waals surface area contributed by atoms with Crippen LogP contribution in [0.5, 0.6) is 17.2 Å². The normalized spacial score (nSPS) is 16.6. The van der Waals surface area contributed by atoms with E-state index in [-0.39, 0.29) is 5.91 Å². The van der Waals surface area contributed by atoms with E-state index in [2.05, 4.69) is 0 Å². The smallest absolute Gasteiger partial charge is 0.246 e. The average molecular weight is 395 g/mol. The van der Waals surface area contributed by atoms with Gasteiger partial charge in [0.15, 0.2) is 11.5 Å². The van der Waals surface area contributed by atoms with Crippen molar-refractivity contribution in [1.29, 1.82) is 0 Å². The molecule has 1 amide bonds. The molecule has 2 aromatic rings. The number of piperidine rings is 1. The van der Waals surface area contributed by atoms with E-state index in [0.29, 0.717) is 30.6 Å². The minimum atomic E-state index is 0.0299. The van der Waals surface area contributed by atoms with E-state index >= 15 is 0 Å². The van der Waals surface area contributed by atoms with Crippen molar-refractivity contribution in [3.05, 3.63) is 60.2 Å². The zero-order chi connectivity index (χ0) is 20.5. The Hall–Kier alpha value is -2.95. The van der Waals surface area contributed by atoms with Crippen LogP contribution < -0.4 is 14.2 Å². The first-order chi connectivity index (χ1) is 14.2. The van der Waals surface area contributed by atoms with Crippen molar-refractivity contribution >= 4 is 12.0 Å². The second-order valence-electron chi connectivity index (χ2n) is 7.09. The van der Waals surface area contributed by atoms with Crippen molar-refractivity contribution in [2.24, 2.45) is 5.92 Å². The number of rotatable bonds is 8. The first-order valence-electron chi connectivity index (χ1n) is 10.1. The third kappa shape index (κ3) is 6.01. The molecule has 5 nitrogen and oxygen atoms in total. The Morgan fingerprint density at radius 3 is 2.72 bits per heavy atom. The van der Waals surface area contributed by atoms with Crippen LogP contribution in [0.15, 0.2) is 54.6 Å². The number of likely N-dealkylation sites (tertiary alicyclic amines) is 1. The fraction of sp³-hybridized carbons (Fsp3) is 0.375. The lowest BCUT2D eigenvalue weighted by molar-refractivity contribution is -0.127. The topological polar surface area (TPSA) is 48.0 Å². The minimum Gasteiger partial charge on any atom is -0.493 e. The van der Waals surface area contributed by atoms with Crippen LogP contribution in [0.3, 0.4) is 0 Å². The maximum atomic E-state index is 12.7. The molecule has 0 radical (unpaired) electrons. The number of hydrogen-bond acceptors (Lipinski definition) is 4. The van der Waals surface area contributed by atoms with Crippen molar-refractivity contribution in [3.8, 4) is 17.2 Å². The van der Waals surface area contributed by atoms with Crippen LogP contribution in [-0.2, 0) is 4.79 Å². The van der Waals surface area contributed by atoms with Gasteiger partial charge in [-0.15, -0.1) is 0 Å². The summed E-state index contributed by atoms with van der Waals surface area (Å²) in [7, 11) is 1.61. The lowest BCUT2D eigenvalue weighted by atomic mass is 9.99. The van der Waals surface area contributed by atoms with Gasteiger partial charge in [-0.25, -0.2) is 0 Å². The van der Waals surface area contributed by atoms with Crippen molar-refractivity contribution < 1.29 is 19.0 Å². The monoisotopic (exact) mass is 395 g/mol. The molecule has 1 unspecified atom stereocenters. The Balaban J connectivity index is 1.55. The van der Waals surface area contributed by atoms with Gasteiger partial charge in [-0.3, -0.25) is 4.79 Å². The van der Waals surface area contributed by atoms with Gasteiger partial charge in [-0.2, -0.15) is 0 Å². The van der Waals surface area contributed by atoms with Crippen molar-refractivity contribution in [3.63, 3.8) is 0 Å². The summed E-state index contributed by atoms with van der Waals surface area (Å²) < 4.78 is 16.8. The third-order valence-electron chi connectivity index (χ3n) is 4.97. The van der Waals surface area contributed by atoms with Crippen LogP contribution >= 0.6 is 0 Å². The lowest BCUT2D eigenvalue weighted by Crippen LogP contribution is -2.40. The van der Waals surface area contributed by atoms with Crippen molar-refractivity contribution in [2.75, 3.05) is 33.4 Å². The number of methoxy groups -OCH3 is 1. The fourth-order valence-electron chi connectivity index (χ4n) is 3.47. The van der Waals surface area contributed by atoms with Gasteiger partial charge in [0, 0.05) is 25.1 Å². The highest BCUT2D eigenvalue weighted by molar-refractivity contribution is 5.92. The molecular weight excluding hydrogens is 366 g/mol. The molecule has 1 fully saturated rings. The number of nitrogens with zero attached hydrogens (tertiary/aromatic N) is 1. The van der Waals surface area contributed by atoms with Crippen LogP contribution in [0.4, 0.5) is 0 Å². The van der Waals surface area contributed by atoms with Gasteiger partial charge in [-0.1, -0.05) is 24.3 Å². The molecule has 0 aromatic heterocycles. The van der Waals surface area contributed by atoms with Crippen molar-refractivity contribution in [1.82, 2.24) is 4.90 Å². The first-order valence-corrected chi connectivity index (χ1v) is 10.1. The highest BCUT2D eigenvalue weighted by Crippen LogP contribution is 2.28. The van der Waals surface area contributed by atoms with E-state index < -0.39 is 0 Å². The molecule has 0 aliphatic carbocycles. The Labute approximate surface area is 172 Å². The number of benzene rings is 2. The van der Waals surface area contributed by atoms with Gasteiger partial charge >= 0.3 is 0 Å². The van der Waals surface area contributed by atoms with Crippen molar-refractivity contribution in [2.45, 2.75) is 19.8 Å². The molecule has 0 N–H and O–H groups in total. The van der Waals surface area contributed by atoms with Crippen LogP contribution in [0.2, 0.25) is 0 Å². The van der Waals surface area contributed by atoms with Crippen LogP contribution in [0.1, 0.15) is 25.3 Å². The number of para-hydroxylation sites is 1. The maximum Gasteiger partial charge on any atom is 0.246 e. The molecule has 0 spiro atoms. The van der Waals surface area contributed by atoms with Crippen LogP contribution in [0, 0.1) is 5.92 Å². The molecule has 29 heavy (non-hydrogen) atoms. The van der Waals surface area contributed by atoms with E-state index in [1.807, 2.05) is 66.4 Å². The van der Waals surface area contributed by atoms with Crippen LogP contribution in [0.25, 0.3) is 6.08 Å². The summed E-state index contributed by atoms with van der Waals surface area (Å²) in [5.41, 5.74) is 0.902. The third-order valence-corrected chi connectivity index (χ3v) is 4.97. The lowest BCUT2D eigenvalue weighted by Gasteiger charge is -2.32. The Morgan fingerprint density at radius 2 is 1.97 bits per heavy atom. The SMILES string of the molecule is CCOc1ccc(/C=C/C(=O)N2CCCC(COc3ccccc3)C2)cc1OC. The highest BCUT2D eigenvalue weighted by Gasteiger charge is 2.23. The van der Waals surface area contributed by atoms with E-state index in [4.69, 9.17) is 14.2 Å². The second kappa shape index (κ2) is 10.6. The molecule has 1 atom stereocenters. The number of ether oxygens (including phenoxy) is 3. The molecule has 0 saturated carbocycles. The van der Waals surface area contributed by atoms with Gasteiger partial charge < -0.3 is 19.1 Å². The second-order valence-corrected chi connectivity index (χ2v) is 7.09. The fourth-order valence-corrected chi connectivity index (χ4v) is 3.47. The Kier molecular flexibility index (Phi) is 7.56. The van der Waals surface area contributed by atoms with E-state index in [0.717, 1.165) is 37.2 Å². The predicted octanol–water partition coefficient (Wildman–Crippen LogP) is 4.42. The minimum absolute atomic E-state index is 0.0299. The molecule has 1 saturated heterocycles. The molecular formula is C24H29NO4. The summed E-state index contributed by atoms with van der Waals surface area (Å²) in [6, 6.07) is 15.5. The highest BCUT2D eigenvalue weighted by atomic mass is 16.5. The Morgan fingerprint density at radius 1 is 1.14 bits per heavy atom. The molecule has 0 bridgehead atoms. The molecule has 2 aromatic carbocycles. The predicted molar refractivity (Wildman–Crippen MR) is 114 cm³/mol. The zero-order valence-corrected chi connectivity index (χ0v) is 17.2. The molecule has 3 rings (SSSR count). The van der Waals surface area contributed by atoms with Gasteiger partial charge in [0.25, 0.3) is 0 Å². The van der Waals surface area contributed by atoms with Gasteiger partial charge in [-0.05, 0) is 55.7 Å². The summed E-state index contributed by atoms with van der Waals surface area (Å²) in [4.78, 5) is 14.6. The van der Waals surface area contributed by atoms with Crippen LogP contribution in [-0.4, -0.2) is 44.2 Å². The van der Waals surface area contributed by atoms with Gasteiger partial charge in [0.1, 0.15) is 5.75 Å². The number of hydrogen-bond donors (Lipinski definition) is 0. The summed E-state index contributed by atoms with van der Waals surface area (Å²) in [5.74, 6) is 2.63. The van der Waals surface area contributed by atoms with Gasteiger partial charge in [0.2, 0.25) is 5.91 Å². The number of carbonyl (C=O) groups is 1. The van der Waals surface area contributed by atoms with E-state index in [1.165, 1.54) is 0 Å². The summed E-state index contributed by atoms with van der Waals surface area (Å²) in [6.45, 7) is 4.66.